The lowest BCUT2D eigenvalue weighted by Crippen LogP contribution is -2.14. The third kappa shape index (κ3) is 3.96. The van der Waals surface area contributed by atoms with Crippen molar-refractivity contribution in [1.82, 2.24) is 15.0 Å². The molecular formula is C44H29N3S. The van der Waals surface area contributed by atoms with Gasteiger partial charge in [-0.25, -0.2) is 15.0 Å². The maximum atomic E-state index is 5.29. The largest absolute Gasteiger partial charge is 0.208 e. The van der Waals surface area contributed by atoms with Gasteiger partial charge in [0.1, 0.15) is 0 Å². The number of benzene rings is 7. The third-order valence-corrected chi connectivity index (χ3v) is 11.2. The van der Waals surface area contributed by atoms with Gasteiger partial charge in [-0.1, -0.05) is 135 Å². The van der Waals surface area contributed by atoms with Gasteiger partial charge in [0.25, 0.3) is 0 Å². The lowest BCUT2D eigenvalue weighted by Gasteiger charge is -2.21. The molecule has 0 spiro atoms. The monoisotopic (exact) mass is 631 g/mol. The highest BCUT2D eigenvalue weighted by Crippen LogP contribution is 2.50. The van der Waals surface area contributed by atoms with Crippen LogP contribution in [-0.4, -0.2) is 15.0 Å². The van der Waals surface area contributed by atoms with E-state index in [2.05, 4.69) is 135 Å². The molecule has 1 aliphatic rings. The SMILES string of the molecule is CC1(C)c2ccccc2-c2cc(-c3nc(-c4ccccc4)nc(-c4cc5sc6ccccc6c5c5c4ccc4ccccc45)n3)ccc21. The van der Waals surface area contributed by atoms with Crippen LogP contribution >= 0.6 is 11.3 Å². The summed E-state index contributed by atoms with van der Waals surface area (Å²) in [7, 11) is 0. The highest BCUT2D eigenvalue weighted by molar-refractivity contribution is 7.26. The van der Waals surface area contributed by atoms with Crippen molar-refractivity contribution in [3.63, 3.8) is 0 Å². The van der Waals surface area contributed by atoms with Gasteiger partial charge in [0.05, 0.1) is 0 Å². The second-order valence-corrected chi connectivity index (χ2v) is 14.3. The second-order valence-electron chi connectivity index (χ2n) is 13.2. The summed E-state index contributed by atoms with van der Waals surface area (Å²) in [5.74, 6) is 2.02. The zero-order chi connectivity index (χ0) is 32.0. The van der Waals surface area contributed by atoms with E-state index in [1.165, 1.54) is 58.6 Å². The summed E-state index contributed by atoms with van der Waals surface area (Å²) >= 11 is 1.83. The molecule has 3 nitrogen and oxygen atoms in total. The van der Waals surface area contributed by atoms with E-state index in [1.54, 1.807) is 0 Å². The molecule has 9 aromatic rings. The Kier molecular flexibility index (Phi) is 5.79. The Morgan fingerprint density at radius 1 is 0.438 bits per heavy atom. The molecule has 48 heavy (non-hydrogen) atoms. The van der Waals surface area contributed by atoms with Gasteiger partial charge >= 0.3 is 0 Å². The topological polar surface area (TPSA) is 38.7 Å². The quantitative estimate of drug-likeness (QED) is 0.182. The Hall–Kier alpha value is -5.71. The van der Waals surface area contributed by atoms with E-state index in [0.717, 1.165) is 22.1 Å². The molecule has 0 saturated heterocycles. The first kappa shape index (κ1) is 27.4. The molecule has 2 aromatic heterocycles. The minimum Gasteiger partial charge on any atom is -0.208 e. The smallest absolute Gasteiger partial charge is 0.164 e. The standard InChI is InChI=1S/C44H29N3S/c1-44(2)35-18-10-8-16-30(35)33-24-28(21-23-36(33)44)42-45-41(27-13-4-3-5-14-27)46-43(47-42)34-25-38-40(32-17-9-11-19-37(32)48-38)39-29-15-7-6-12-26(29)20-22-31(34)39/h3-25H,1-2H3. The van der Waals surface area contributed by atoms with Gasteiger partial charge < -0.3 is 0 Å². The van der Waals surface area contributed by atoms with Gasteiger partial charge in [-0.3, -0.25) is 0 Å². The summed E-state index contributed by atoms with van der Waals surface area (Å²) in [4.78, 5) is 15.6. The normalized spacial score (nSPS) is 13.4. The van der Waals surface area contributed by atoms with Crippen LogP contribution in [0.15, 0.2) is 140 Å². The number of aromatic nitrogens is 3. The fraction of sp³-hybridized carbons (Fsp3) is 0.0682. The van der Waals surface area contributed by atoms with Gasteiger partial charge in [-0.05, 0) is 62.0 Å². The molecule has 2 heterocycles. The average Bonchev–Trinajstić information content (AvgIpc) is 3.63. The second kappa shape index (κ2) is 10.1. The molecule has 10 rings (SSSR count). The average molecular weight is 632 g/mol. The number of hydrogen-bond donors (Lipinski definition) is 0. The lowest BCUT2D eigenvalue weighted by atomic mass is 9.82. The molecule has 7 aromatic carbocycles. The summed E-state index contributed by atoms with van der Waals surface area (Å²) in [6.07, 6.45) is 0. The van der Waals surface area contributed by atoms with Crippen molar-refractivity contribution >= 4 is 53.1 Å². The van der Waals surface area contributed by atoms with Crippen molar-refractivity contribution < 1.29 is 0 Å². The molecule has 0 unspecified atom stereocenters. The maximum absolute atomic E-state index is 5.29. The molecular weight excluding hydrogens is 603 g/mol. The summed E-state index contributed by atoms with van der Waals surface area (Å²) in [5, 5.41) is 7.43. The fourth-order valence-electron chi connectivity index (χ4n) is 7.78. The Labute approximate surface area is 282 Å². The van der Waals surface area contributed by atoms with E-state index < -0.39 is 0 Å². The van der Waals surface area contributed by atoms with Crippen LogP contribution in [0.3, 0.4) is 0 Å². The van der Waals surface area contributed by atoms with Crippen LogP contribution in [0.5, 0.6) is 0 Å². The maximum Gasteiger partial charge on any atom is 0.164 e. The highest BCUT2D eigenvalue weighted by Gasteiger charge is 2.35. The van der Waals surface area contributed by atoms with Crippen LogP contribution in [0.25, 0.3) is 87.0 Å². The van der Waals surface area contributed by atoms with Crippen LogP contribution < -0.4 is 0 Å². The minimum atomic E-state index is -0.0642. The Bertz CT molecular complexity index is 2760. The fourth-order valence-corrected chi connectivity index (χ4v) is 8.94. The summed E-state index contributed by atoms with van der Waals surface area (Å²) in [5.41, 5.74) is 8.12. The van der Waals surface area contributed by atoms with Crippen LogP contribution in [0.2, 0.25) is 0 Å². The lowest BCUT2D eigenvalue weighted by molar-refractivity contribution is 0.660. The van der Waals surface area contributed by atoms with E-state index in [1.807, 2.05) is 29.5 Å². The summed E-state index contributed by atoms with van der Waals surface area (Å²) < 4.78 is 2.51. The predicted molar refractivity (Wildman–Crippen MR) is 202 cm³/mol. The van der Waals surface area contributed by atoms with Crippen molar-refractivity contribution in [1.29, 1.82) is 0 Å². The van der Waals surface area contributed by atoms with Gasteiger partial charge in [0.2, 0.25) is 0 Å². The first-order valence-corrected chi connectivity index (χ1v) is 17.2. The highest BCUT2D eigenvalue weighted by atomic mass is 32.1. The molecule has 1 aliphatic carbocycles. The Morgan fingerprint density at radius 3 is 2.00 bits per heavy atom. The van der Waals surface area contributed by atoms with Crippen LogP contribution in [0, 0.1) is 0 Å². The van der Waals surface area contributed by atoms with E-state index in [-0.39, 0.29) is 5.41 Å². The molecule has 4 heteroatoms. The molecule has 226 valence electrons. The van der Waals surface area contributed by atoms with E-state index >= 15 is 0 Å². The number of fused-ring (bicyclic) bond motifs is 10. The van der Waals surface area contributed by atoms with Crippen molar-refractivity contribution in [2.75, 3.05) is 0 Å². The predicted octanol–water partition coefficient (Wildman–Crippen LogP) is 11.9. The first-order valence-electron chi connectivity index (χ1n) is 16.4. The first-order chi connectivity index (χ1) is 23.5. The molecule has 0 N–H and O–H groups in total. The Balaban J connectivity index is 1.27. The number of nitrogens with zero attached hydrogens (tertiary/aromatic N) is 3. The zero-order valence-corrected chi connectivity index (χ0v) is 27.3. The minimum absolute atomic E-state index is 0.0642. The Morgan fingerprint density at radius 2 is 1.12 bits per heavy atom. The van der Waals surface area contributed by atoms with E-state index in [0.29, 0.717) is 17.5 Å². The molecule has 0 amide bonds. The number of thiophene rings is 1. The van der Waals surface area contributed by atoms with E-state index in [9.17, 15) is 0 Å². The number of rotatable bonds is 3. The van der Waals surface area contributed by atoms with Crippen molar-refractivity contribution in [3.8, 4) is 45.3 Å². The van der Waals surface area contributed by atoms with Gasteiger partial charge in [0, 0.05) is 42.3 Å². The van der Waals surface area contributed by atoms with Crippen molar-refractivity contribution in [3.05, 3.63) is 151 Å². The molecule has 0 radical (unpaired) electrons. The summed E-state index contributed by atoms with van der Waals surface area (Å²) in [6.45, 7) is 4.62. The zero-order valence-electron chi connectivity index (χ0n) is 26.5. The van der Waals surface area contributed by atoms with Crippen LogP contribution in [-0.2, 0) is 5.41 Å². The molecule has 0 fully saturated rings. The molecule has 0 bridgehead atoms. The molecule has 0 saturated carbocycles. The van der Waals surface area contributed by atoms with E-state index in [4.69, 9.17) is 15.0 Å². The van der Waals surface area contributed by atoms with Crippen LogP contribution in [0.1, 0.15) is 25.0 Å². The molecule has 0 aliphatic heterocycles. The van der Waals surface area contributed by atoms with Gasteiger partial charge in [0.15, 0.2) is 17.5 Å². The van der Waals surface area contributed by atoms with Crippen LogP contribution in [0.4, 0.5) is 0 Å². The third-order valence-electron chi connectivity index (χ3n) is 10.1. The number of hydrogen-bond acceptors (Lipinski definition) is 4. The molecule has 0 atom stereocenters. The van der Waals surface area contributed by atoms with Crippen molar-refractivity contribution in [2.24, 2.45) is 0 Å². The van der Waals surface area contributed by atoms with Gasteiger partial charge in [-0.15, -0.1) is 11.3 Å². The van der Waals surface area contributed by atoms with Gasteiger partial charge in [-0.2, -0.15) is 0 Å². The summed E-state index contributed by atoms with van der Waals surface area (Å²) in [6, 6.07) is 49.9. The van der Waals surface area contributed by atoms with Crippen molar-refractivity contribution in [2.45, 2.75) is 19.3 Å².